The molecular formula is C27H27ClN2O5S. The summed E-state index contributed by atoms with van der Waals surface area (Å²) < 4.78 is 31.1. The van der Waals surface area contributed by atoms with Crippen molar-refractivity contribution in [2.24, 2.45) is 5.92 Å². The van der Waals surface area contributed by atoms with E-state index in [0.29, 0.717) is 28.5 Å². The highest BCUT2D eigenvalue weighted by Crippen LogP contribution is 2.60. The van der Waals surface area contributed by atoms with Crippen LogP contribution in [0.1, 0.15) is 35.1 Å². The Morgan fingerprint density at radius 2 is 1.81 bits per heavy atom. The van der Waals surface area contributed by atoms with Crippen LogP contribution in [0.25, 0.3) is 0 Å². The maximum absolute atomic E-state index is 13.6. The van der Waals surface area contributed by atoms with Gasteiger partial charge in [-0.1, -0.05) is 54.1 Å². The molecule has 0 saturated heterocycles. The van der Waals surface area contributed by atoms with Crippen LogP contribution in [0.4, 0.5) is 0 Å². The number of hydrogen-bond donors (Lipinski definition) is 1. The van der Waals surface area contributed by atoms with Gasteiger partial charge in [0.15, 0.2) is 9.84 Å². The lowest BCUT2D eigenvalue weighted by Gasteiger charge is -2.55. The van der Waals surface area contributed by atoms with Gasteiger partial charge in [0.1, 0.15) is 11.4 Å². The maximum atomic E-state index is 13.6. The van der Waals surface area contributed by atoms with Crippen LogP contribution in [0, 0.1) is 5.92 Å². The number of aromatic nitrogens is 1. The Morgan fingerprint density at radius 1 is 1.14 bits per heavy atom. The number of carbonyl (C=O) groups excluding carboxylic acids is 1. The van der Waals surface area contributed by atoms with Crippen molar-refractivity contribution in [3.63, 3.8) is 0 Å². The Morgan fingerprint density at radius 3 is 2.42 bits per heavy atom. The van der Waals surface area contributed by atoms with E-state index in [4.69, 9.17) is 16.3 Å². The minimum Gasteiger partial charge on any atom is -0.480 e. The van der Waals surface area contributed by atoms with E-state index in [9.17, 15) is 18.3 Å². The summed E-state index contributed by atoms with van der Waals surface area (Å²) in [6.07, 6.45) is 2.00. The summed E-state index contributed by atoms with van der Waals surface area (Å²) in [5.41, 5.74) is 1.01. The quantitative estimate of drug-likeness (QED) is 0.556. The summed E-state index contributed by atoms with van der Waals surface area (Å²) in [5.74, 6) is -1.67. The zero-order valence-electron chi connectivity index (χ0n) is 20.1. The zero-order valence-corrected chi connectivity index (χ0v) is 21.7. The molecule has 1 aromatic heterocycles. The molecule has 36 heavy (non-hydrogen) atoms. The molecule has 1 fully saturated rings. The van der Waals surface area contributed by atoms with Crippen LogP contribution in [0.5, 0.6) is 5.75 Å². The highest BCUT2D eigenvalue weighted by atomic mass is 35.5. The number of sulfone groups is 1. The number of carbonyl (C=O) groups is 1. The van der Waals surface area contributed by atoms with Crippen LogP contribution in [0.2, 0.25) is 5.02 Å². The fourth-order valence-electron chi connectivity index (χ4n) is 5.73. The van der Waals surface area contributed by atoms with E-state index >= 15 is 0 Å². The minimum atomic E-state index is -3.41. The molecule has 2 aromatic carbocycles. The highest BCUT2D eigenvalue weighted by molar-refractivity contribution is 7.90. The molecule has 1 amide bonds. The van der Waals surface area contributed by atoms with Gasteiger partial charge in [0, 0.05) is 50.9 Å². The number of nitrogens with zero attached hydrogens (tertiary/aromatic N) is 2. The van der Waals surface area contributed by atoms with Gasteiger partial charge in [-0.3, -0.25) is 9.78 Å². The van der Waals surface area contributed by atoms with E-state index in [1.54, 1.807) is 44.4 Å². The van der Waals surface area contributed by atoms with Crippen molar-refractivity contribution in [3.05, 3.63) is 88.7 Å². The van der Waals surface area contributed by atoms with Gasteiger partial charge in [-0.2, -0.15) is 0 Å². The molecule has 3 aromatic rings. The SMILES string of the molecule is CN(C)C(=O)[C@H]1[C@@H](O)[C@H]2C[C@@](c3ccc(S(C)(=O)=O)cc3)(Oc3cc(Cl)cnc32)[C@@H]1c1ccccc1. The van der Waals surface area contributed by atoms with Gasteiger partial charge in [0.25, 0.3) is 0 Å². The molecular weight excluding hydrogens is 500 g/mol. The summed E-state index contributed by atoms with van der Waals surface area (Å²) >= 11 is 6.27. The number of amides is 1. The Bertz CT molecular complexity index is 1410. The molecule has 0 spiro atoms. The summed E-state index contributed by atoms with van der Waals surface area (Å²) in [6, 6.07) is 17.8. The van der Waals surface area contributed by atoms with Gasteiger partial charge in [-0.05, 0) is 23.3 Å². The van der Waals surface area contributed by atoms with Crippen LogP contribution >= 0.6 is 11.6 Å². The van der Waals surface area contributed by atoms with Crippen LogP contribution in [-0.4, -0.2) is 55.8 Å². The van der Waals surface area contributed by atoms with Gasteiger partial charge in [-0.15, -0.1) is 0 Å². The first-order valence-corrected chi connectivity index (χ1v) is 13.9. The molecule has 1 N–H and O–H groups in total. The zero-order chi connectivity index (χ0) is 25.8. The average molecular weight is 527 g/mol. The van der Waals surface area contributed by atoms with Crippen molar-refractivity contribution >= 4 is 27.3 Å². The van der Waals surface area contributed by atoms with Gasteiger partial charge >= 0.3 is 0 Å². The molecule has 2 bridgehead atoms. The van der Waals surface area contributed by atoms with Gasteiger partial charge in [0.05, 0.1) is 27.6 Å². The second-order valence-corrected chi connectivity index (χ2v) is 12.2. The molecule has 188 valence electrons. The molecule has 1 saturated carbocycles. The number of aliphatic hydroxyl groups is 1. The van der Waals surface area contributed by atoms with Crippen LogP contribution < -0.4 is 4.74 Å². The standard InChI is InChI=1S/C27H27ClN2O5S/c1-30(2)26(32)22-23(16-7-5-4-6-8-16)27(17-9-11-19(12-10-17)36(3,33)34)14-20(25(22)31)24-21(35-27)13-18(28)15-29-24/h4-13,15,20,22-23,25,31H,14H2,1-3H3/t20-,22+,23+,25-,27-/m0/s1. The molecule has 2 heterocycles. The number of fused-ring (bicyclic) bond motifs is 4. The van der Waals surface area contributed by atoms with Gasteiger partial charge in [-0.25, -0.2) is 8.42 Å². The van der Waals surface area contributed by atoms with Crippen molar-refractivity contribution in [3.8, 4) is 5.75 Å². The monoisotopic (exact) mass is 526 g/mol. The number of halogens is 1. The molecule has 7 nitrogen and oxygen atoms in total. The largest absolute Gasteiger partial charge is 0.480 e. The van der Waals surface area contributed by atoms with E-state index in [2.05, 4.69) is 4.98 Å². The van der Waals surface area contributed by atoms with Gasteiger partial charge < -0.3 is 14.7 Å². The molecule has 9 heteroatoms. The summed E-state index contributed by atoms with van der Waals surface area (Å²) in [6.45, 7) is 0. The summed E-state index contributed by atoms with van der Waals surface area (Å²) in [4.78, 5) is 19.8. The Kier molecular flexibility index (Phi) is 6.09. The van der Waals surface area contributed by atoms with E-state index in [0.717, 1.165) is 11.8 Å². The molecule has 0 radical (unpaired) electrons. The Labute approximate surface area is 215 Å². The second kappa shape index (κ2) is 8.87. The molecule has 2 aliphatic rings. The third-order valence-corrected chi connectivity index (χ3v) is 8.65. The first-order valence-electron chi connectivity index (χ1n) is 11.6. The van der Waals surface area contributed by atoms with Crippen molar-refractivity contribution < 1.29 is 23.1 Å². The third-order valence-electron chi connectivity index (χ3n) is 7.31. The van der Waals surface area contributed by atoms with Crippen molar-refractivity contribution in [1.29, 1.82) is 0 Å². The topological polar surface area (TPSA) is 96.8 Å². The summed E-state index contributed by atoms with van der Waals surface area (Å²) in [7, 11) is -0.0697. The predicted octanol–water partition coefficient (Wildman–Crippen LogP) is 3.76. The molecule has 5 atom stereocenters. The van der Waals surface area contributed by atoms with Crippen molar-refractivity contribution in [2.45, 2.75) is 34.9 Å². The predicted molar refractivity (Wildman–Crippen MR) is 136 cm³/mol. The average Bonchev–Trinajstić information content (AvgIpc) is 2.85. The smallest absolute Gasteiger partial charge is 0.228 e. The molecule has 1 aliphatic carbocycles. The van der Waals surface area contributed by atoms with Crippen LogP contribution in [0.15, 0.2) is 71.8 Å². The Balaban J connectivity index is 1.80. The number of hydrogen-bond acceptors (Lipinski definition) is 6. The van der Waals surface area contributed by atoms with Crippen molar-refractivity contribution in [2.75, 3.05) is 20.4 Å². The number of pyridine rings is 1. The summed E-state index contributed by atoms with van der Waals surface area (Å²) in [5, 5.41) is 12.1. The lowest BCUT2D eigenvalue weighted by atomic mass is 9.57. The molecule has 1 aliphatic heterocycles. The maximum Gasteiger partial charge on any atom is 0.228 e. The minimum absolute atomic E-state index is 0.188. The fourth-order valence-corrected chi connectivity index (χ4v) is 6.51. The molecule has 0 unspecified atom stereocenters. The van der Waals surface area contributed by atoms with E-state index in [1.807, 2.05) is 30.3 Å². The number of benzene rings is 2. The van der Waals surface area contributed by atoms with E-state index in [-0.39, 0.29) is 10.8 Å². The lowest BCUT2D eigenvalue weighted by molar-refractivity contribution is -0.153. The molecule has 5 rings (SSSR count). The lowest BCUT2D eigenvalue weighted by Crippen LogP contribution is -2.59. The fraction of sp³-hybridized carbons (Fsp3) is 0.333. The number of aliphatic hydroxyl groups excluding tert-OH is 1. The second-order valence-electron chi connectivity index (χ2n) is 9.77. The third kappa shape index (κ3) is 3.97. The normalized spacial score (nSPS) is 27.0. The van der Waals surface area contributed by atoms with Crippen LogP contribution in [-0.2, 0) is 20.2 Å². The first-order chi connectivity index (χ1) is 17.0. The Hall–Kier alpha value is -2.94. The van der Waals surface area contributed by atoms with Crippen molar-refractivity contribution in [1.82, 2.24) is 9.88 Å². The van der Waals surface area contributed by atoms with Gasteiger partial charge in [0.2, 0.25) is 5.91 Å². The van der Waals surface area contributed by atoms with Crippen LogP contribution in [0.3, 0.4) is 0 Å². The van der Waals surface area contributed by atoms with E-state index in [1.165, 1.54) is 11.1 Å². The number of ether oxygens (including phenoxy) is 1. The number of rotatable bonds is 4. The highest BCUT2D eigenvalue weighted by Gasteiger charge is 2.61. The van der Waals surface area contributed by atoms with E-state index < -0.39 is 39.3 Å². The first kappa shape index (κ1) is 24.7.